The number of ether oxygens (including phenoxy) is 2. The number of carbonyl (C=O) groups is 6. The first kappa shape index (κ1) is 42.8. The number of nitrogens with one attached hydrogen (secondary N) is 1. The van der Waals surface area contributed by atoms with Gasteiger partial charge in [0.1, 0.15) is 6.42 Å². The fraction of sp³-hybridized carbons (Fsp3) is 0.667. The molecule has 192 valence electrons. The van der Waals surface area contributed by atoms with Gasteiger partial charge in [-0.2, -0.15) is 0 Å². The first-order chi connectivity index (χ1) is 14.8. The molecule has 0 radical (unpaired) electrons. The molecule has 0 aromatic rings. The van der Waals surface area contributed by atoms with Crippen molar-refractivity contribution in [2.75, 3.05) is 47.6 Å². The Morgan fingerprint density at radius 3 is 1.16 bits per heavy atom. The third-order valence-electron chi connectivity index (χ3n) is 1.33. The Balaban J connectivity index is -0.0000000684. The average molecular weight is 475 g/mol. The Hall–Kier alpha value is -3.26. The molecule has 0 bridgehead atoms. The van der Waals surface area contributed by atoms with E-state index < -0.39 is 23.9 Å². The van der Waals surface area contributed by atoms with Crippen LogP contribution in [0.2, 0.25) is 0 Å². The van der Waals surface area contributed by atoms with Crippen molar-refractivity contribution >= 4 is 36.7 Å². The largest absolute Gasteiger partial charge is 0.481 e. The van der Waals surface area contributed by atoms with E-state index in [1.54, 1.807) is 35.0 Å². The van der Waals surface area contributed by atoms with Gasteiger partial charge >= 0.3 is 11.9 Å². The molecule has 0 fully saturated rings. The van der Waals surface area contributed by atoms with Gasteiger partial charge in [0.25, 0.3) is 11.9 Å². The summed E-state index contributed by atoms with van der Waals surface area (Å²) in [5.74, 6) is -2.74. The van der Waals surface area contributed by atoms with Crippen LogP contribution in [0.25, 0.3) is 0 Å². The zero-order chi connectivity index (χ0) is 27.0. The van der Waals surface area contributed by atoms with E-state index in [2.05, 4.69) is 14.8 Å². The molecule has 14 nitrogen and oxygen atoms in total. The minimum absolute atomic E-state index is 0.125. The van der Waals surface area contributed by atoms with E-state index in [4.69, 9.17) is 34.8 Å². The van der Waals surface area contributed by atoms with Crippen molar-refractivity contribution in [3.63, 3.8) is 0 Å². The highest BCUT2D eigenvalue weighted by atomic mass is 16.6. The lowest BCUT2D eigenvalue weighted by Gasteiger charge is -2.00. The van der Waals surface area contributed by atoms with Crippen LogP contribution in [0.3, 0.4) is 0 Å². The molecule has 0 rings (SSSR count). The fourth-order valence-electron chi connectivity index (χ4n) is 0.542. The number of esters is 2. The van der Waals surface area contributed by atoms with Crippen molar-refractivity contribution in [1.29, 1.82) is 0 Å². The van der Waals surface area contributed by atoms with Gasteiger partial charge in [0.2, 0.25) is 12.8 Å². The van der Waals surface area contributed by atoms with Gasteiger partial charge in [0.15, 0.2) is 0 Å². The number of carbonyl (C=O) groups excluding carboxylic acids is 4. The van der Waals surface area contributed by atoms with Gasteiger partial charge < -0.3 is 40.1 Å². The molecule has 0 saturated carbocycles. The van der Waals surface area contributed by atoms with E-state index in [1.165, 1.54) is 4.90 Å². The van der Waals surface area contributed by atoms with Crippen LogP contribution in [0.1, 0.15) is 34.1 Å². The number of rotatable bonds is 7. The van der Waals surface area contributed by atoms with Crippen LogP contribution in [-0.4, -0.2) is 110 Å². The number of amides is 2. The second kappa shape index (κ2) is 42.0. The molecule has 32 heavy (non-hydrogen) atoms. The highest BCUT2D eigenvalue weighted by Crippen LogP contribution is 1.89. The van der Waals surface area contributed by atoms with E-state index in [0.29, 0.717) is 6.41 Å². The topological polar surface area (TPSA) is 217 Å². The molecular weight excluding hydrogens is 436 g/mol. The number of aliphatic hydroxyl groups is 2. The van der Waals surface area contributed by atoms with Gasteiger partial charge in [0.05, 0.1) is 26.4 Å². The van der Waals surface area contributed by atoms with Gasteiger partial charge in [-0.1, -0.05) is 0 Å². The zero-order valence-corrected chi connectivity index (χ0v) is 19.7. The molecule has 0 unspecified atom stereocenters. The SMILES string of the molecule is CC(=O)O.CC(=O)O.CCOC(=O)CC(=O)OCC.CN(C)C=O.CNC=O.OCCO. The lowest BCUT2D eigenvalue weighted by Crippen LogP contribution is -2.13. The summed E-state index contributed by atoms with van der Waals surface area (Å²) in [7, 11) is 4.94. The summed E-state index contributed by atoms with van der Waals surface area (Å²) in [6.07, 6.45) is 1.08. The molecule has 5 N–H and O–H groups in total. The maximum Gasteiger partial charge on any atom is 0.317 e. The first-order valence-electron chi connectivity index (χ1n) is 8.92. The quantitative estimate of drug-likeness (QED) is 0.166. The monoisotopic (exact) mass is 474 g/mol. The van der Waals surface area contributed by atoms with Crippen LogP contribution in [0.5, 0.6) is 0 Å². The van der Waals surface area contributed by atoms with Crippen molar-refractivity contribution in [2.45, 2.75) is 34.1 Å². The minimum atomic E-state index is -0.833. The maximum atomic E-state index is 10.6. The number of nitrogens with zero attached hydrogens (tertiary/aromatic N) is 1. The van der Waals surface area contributed by atoms with Gasteiger partial charge in [-0.25, -0.2) is 0 Å². The molecule has 0 saturated heterocycles. The lowest BCUT2D eigenvalue weighted by molar-refractivity contribution is -0.154. The minimum Gasteiger partial charge on any atom is -0.481 e. The number of aliphatic hydroxyl groups excluding tert-OH is 2. The summed E-state index contributed by atoms with van der Waals surface area (Å²) in [4.78, 5) is 59.1. The summed E-state index contributed by atoms with van der Waals surface area (Å²) in [6.45, 7) is 5.86. The summed E-state index contributed by atoms with van der Waals surface area (Å²) >= 11 is 0. The molecule has 0 atom stereocenters. The number of hydrogen-bond acceptors (Lipinski definition) is 10. The van der Waals surface area contributed by atoms with Gasteiger partial charge in [-0.15, -0.1) is 0 Å². The van der Waals surface area contributed by atoms with Crippen molar-refractivity contribution in [2.24, 2.45) is 0 Å². The molecule has 0 heterocycles. The summed E-state index contributed by atoms with van der Waals surface area (Å²) in [5, 5.41) is 32.3. The smallest absolute Gasteiger partial charge is 0.317 e. The standard InChI is InChI=1S/C7H12O4.C3H7NO.C2H5NO.2C2H4O2.C2H6O2/c1-3-10-6(8)5-7(9)11-4-2;1-4(2)3-5;1-3-2-4;2*1-2(3)4;3-1-2-4/h3-5H2,1-2H3;3H,1-2H3;2H,1H3,(H,3,4);2*1H3,(H,3,4);3-4H,1-2H2. The number of hydrogen-bond donors (Lipinski definition) is 5. The van der Waals surface area contributed by atoms with E-state index in [9.17, 15) is 14.4 Å². The Kier molecular flexibility index (Phi) is 56.1. The highest BCUT2D eigenvalue weighted by molar-refractivity contribution is 5.91. The number of aliphatic carboxylic acids is 2. The normalized spacial score (nSPS) is 7.28. The van der Waals surface area contributed by atoms with E-state index in [1.807, 2.05) is 0 Å². The molecule has 0 aromatic carbocycles. The third-order valence-corrected chi connectivity index (χ3v) is 1.33. The average Bonchev–Trinajstić information content (AvgIpc) is 2.68. The first-order valence-corrected chi connectivity index (χ1v) is 8.92. The molecule has 0 aliphatic rings. The zero-order valence-electron chi connectivity index (χ0n) is 19.7. The summed E-state index contributed by atoms with van der Waals surface area (Å²) < 4.78 is 9.04. The van der Waals surface area contributed by atoms with Crippen molar-refractivity contribution in [3.05, 3.63) is 0 Å². The molecular formula is C18H38N2O12. The Morgan fingerprint density at radius 2 is 1.06 bits per heavy atom. The predicted octanol–water partition coefficient (Wildman–Crippen LogP) is -1.28. The van der Waals surface area contributed by atoms with Crippen molar-refractivity contribution in [3.8, 4) is 0 Å². The maximum absolute atomic E-state index is 10.6. The van der Waals surface area contributed by atoms with E-state index >= 15 is 0 Å². The summed E-state index contributed by atoms with van der Waals surface area (Å²) in [5.41, 5.74) is 0. The van der Waals surface area contributed by atoms with Gasteiger partial charge in [0, 0.05) is 35.0 Å². The Morgan fingerprint density at radius 1 is 0.844 bits per heavy atom. The Bertz CT molecular complexity index is 419. The van der Waals surface area contributed by atoms with Crippen LogP contribution < -0.4 is 5.32 Å². The van der Waals surface area contributed by atoms with Crippen LogP contribution in [-0.2, 0) is 38.2 Å². The van der Waals surface area contributed by atoms with E-state index in [0.717, 1.165) is 20.3 Å². The number of carboxylic acid groups (broad SMARTS) is 2. The lowest BCUT2D eigenvalue weighted by atomic mass is 10.4. The van der Waals surface area contributed by atoms with E-state index in [-0.39, 0.29) is 32.8 Å². The molecule has 2 amide bonds. The van der Waals surface area contributed by atoms with Crippen LogP contribution in [0, 0.1) is 0 Å². The third kappa shape index (κ3) is 154. The van der Waals surface area contributed by atoms with Crippen LogP contribution >= 0.6 is 0 Å². The van der Waals surface area contributed by atoms with Gasteiger partial charge in [-0.05, 0) is 13.8 Å². The number of carboxylic acids is 2. The second-order valence-corrected chi connectivity index (χ2v) is 4.75. The van der Waals surface area contributed by atoms with Crippen molar-refractivity contribution in [1.82, 2.24) is 10.2 Å². The molecule has 0 aromatic heterocycles. The molecule has 0 aliphatic heterocycles. The highest BCUT2D eigenvalue weighted by Gasteiger charge is 2.09. The summed E-state index contributed by atoms with van der Waals surface area (Å²) in [6, 6.07) is 0. The van der Waals surface area contributed by atoms with Crippen LogP contribution in [0.4, 0.5) is 0 Å². The fourth-order valence-corrected chi connectivity index (χ4v) is 0.542. The molecule has 0 spiro atoms. The van der Waals surface area contributed by atoms with Crippen molar-refractivity contribution < 1.29 is 58.7 Å². The second-order valence-electron chi connectivity index (χ2n) is 4.75. The predicted molar refractivity (Wildman–Crippen MR) is 114 cm³/mol. The van der Waals surface area contributed by atoms with Gasteiger partial charge in [-0.3, -0.25) is 28.8 Å². The molecule has 0 aliphatic carbocycles. The molecule has 14 heteroatoms. The van der Waals surface area contributed by atoms with Crippen LogP contribution in [0.15, 0.2) is 0 Å². The Labute approximate surface area is 188 Å².